The molecule has 2 aromatic rings. The van der Waals surface area contributed by atoms with E-state index in [-0.39, 0.29) is 10.6 Å². The molecule has 0 fully saturated rings. The lowest BCUT2D eigenvalue weighted by molar-refractivity contribution is -0.385. The van der Waals surface area contributed by atoms with Crippen LogP contribution in [0.15, 0.2) is 28.9 Å². The smallest absolute Gasteiger partial charge is 0.273 e. The Morgan fingerprint density at radius 2 is 2.26 bits per heavy atom. The van der Waals surface area contributed by atoms with Crippen LogP contribution < -0.4 is 5.32 Å². The molecule has 0 spiro atoms. The fraction of sp³-hybridized carbons (Fsp3) is 0.250. The fourth-order valence-electron chi connectivity index (χ4n) is 1.68. The van der Waals surface area contributed by atoms with Gasteiger partial charge in [-0.3, -0.25) is 10.1 Å². The summed E-state index contributed by atoms with van der Waals surface area (Å²) in [6, 6.07) is 4.95. The Bertz CT molecular complexity index is 600. The van der Waals surface area contributed by atoms with Gasteiger partial charge in [-0.1, -0.05) is 15.9 Å². The predicted octanol–water partition coefficient (Wildman–Crippen LogP) is 3.41. The molecule has 0 unspecified atom stereocenters. The number of benzene rings is 1. The summed E-state index contributed by atoms with van der Waals surface area (Å²) < 4.78 is 0.837. The van der Waals surface area contributed by atoms with Crippen molar-refractivity contribution in [3.63, 3.8) is 0 Å². The second-order valence-corrected chi connectivity index (χ2v) is 6.21. The summed E-state index contributed by atoms with van der Waals surface area (Å²) in [5.74, 6) is 0. The topological polar surface area (TPSA) is 68.1 Å². The van der Waals surface area contributed by atoms with Crippen LogP contribution in [0, 0.1) is 17.0 Å². The van der Waals surface area contributed by atoms with Gasteiger partial charge in [-0.2, -0.15) is 0 Å². The number of nitrogens with one attached hydrogen (secondary N) is 1. The summed E-state index contributed by atoms with van der Waals surface area (Å²) in [6.07, 6.45) is 1.82. The maximum atomic E-state index is 10.9. The first-order valence-electron chi connectivity index (χ1n) is 5.61. The van der Waals surface area contributed by atoms with Crippen LogP contribution in [0.5, 0.6) is 0 Å². The van der Waals surface area contributed by atoms with E-state index >= 15 is 0 Å². The van der Waals surface area contributed by atoms with Crippen LogP contribution in [0.1, 0.15) is 15.4 Å². The zero-order chi connectivity index (χ0) is 13.8. The molecule has 1 N–H and O–H groups in total. The zero-order valence-electron chi connectivity index (χ0n) is 10.2. The number of nitro groups is 1. The Kier molecular flexibility index (Phi) is 4.62. The molecule has 0 saturated carbocycles. The number of aromatic nitrogens is 1. The Morgan fingerprint density at radius 3 is 2.89 bits per heavy atom. The first-order valence-corrected chi connectivity index (χ1v) is 7.22. The van der Waals surface area contributed by atoms with Gasteiger partial charge in [-0.15, -0.1) is 11.3 Å². The van der Waals surface area contributed by atoms with Crippen molar-refractivity contribution in [2.24, 2.45) is 0 Å². The Labute approximate surface area is 123 Å². The van der Waals surface area contributed by atoms with Crippen LogP contribution >= 0.6 is 27.3 Å². The van der Waals surface area contributed by atoms with Crippen LogP contribution in [0.4, 0.5) is 5.69 Å². The Morgan fingerprint density at radius 1 is 1.47 bits per heavy atom. The molecule has 0 atom stereocenters. The molecule has 100 valence electrons. The molecule has 0 bridgehead atoms. The molecule has 0 saturated heterocycles. The van der Waals surface area contributed by atoms with Gasteiger partial charge >= 0.3 is 0 Å². The van der Waals surface area contributed by atoms with E-state index in [9.17, 15) is 10.1 Å². The average Bonchev–Trinajstić information content (AvgIpc) is 2.75. The second-order valence-electron chi connectivity index (χ2n) is 3.98. The number of halogens is 1. The number of hydrogen-bond donors (Lipinski definition) is 1. The average molecular weight is 342 g/mol. The van der Waals surface area contributed by atoms with Crippen LogP contribution in [0.2, 0.25) is 0 Å². The van der Waals surface area contributed by atoms with Gasteiger partial charge in [0.15, 0.2) is 0 Å². The van der Waals surface area contributed by atoms with Crippen LogP contribution in [-0.4, -0.2) is 9.91 Å². The summed E-state index contributed by atoms with van der Waals surface area (Å²) in [5.41, 5.74) is 0.803. The minimum atomic E-state index is -0.361. The van der Waals surface area contributed by atoms with Crippen molar-refractivity contribution in [1.29, 1.82) is 0 Å². The van der Waals surface area contributed by atoms with Gasteiger partial charge in [0.05, 0.1) is 9.93 Å². The molecule has 2 rings (SSSR count). The van der Waals surface area contributed by atoms with Gasteiger partial charge in [0.1, 0.15) is 0 Å². The van der Waals surface area contributed by atoms with Gasteiger partial charge in [-0.25, -0.2) is 4.98 Å². The largest absolute Gasteiger partial charge is 0.307 e. The molecule has 0 aliphatic heterocycles. The van der Waals surface area contributed by atoms with Crippen molar-refractivity contribution in [3.8, 4) is 0 Å². The highest BCUT2D eigenvalue weighted by atomic mass is 79.9. The minimum Gasteiger partial charge on any atom is -0.307 e. The molecule has 0 aliphatic rings. The third kappa shape index (κ3) is 3.82. The van der Waals surface area contributed by atoms with E-state index in [1.807, 2.05) is 13.1 Å². The summed E-state index contributed by atoms with van der Waals surface area (Å²) in [6.45, 7) is 3.06. The fourth-order valence-corrected chi connectivity index (χ4v) is 2.85. The summed E-state index contributed by atoms with van der Waals surface area (Å²) in [4.78, 5) is 15.8. The van der Waals surface area contributed by atoms with Crippen molar-refractivity contribution in [2.45, 2.75) is 20.0 Å². The second kappa shape index (κ2) is 6.23. The highest BCUT2D eigenvalue weighted by molar-refractivity contribution is 9.10. The molecular formula is C12H12BrN3O2S. The number of aryl methyl sites for hydroxylation is 1. The first kappa shape index (κ1) is 14.1. The Hall–Kier alpha value is -1.31. The monoisotopic (exact) mass is 341 g/mol. The zero-order valence-corrected chi connectivity index (χ0v) is 12.6. The van der Waals surface area contributed by atoms with E-state index in [2.05, 4.69) is 26.2 Å². The summed E-state index contributed by atoms with van der Waals surface area (Å²) in [5, 5.41) is 15.1. The lowest BCUT2D eigenvalue weighted by atomic mass is 10.2. The number of nitro benzene ring substituents is 1. The molecule has 1 aromatic heterocycles. The molecule has 1 aromatic carbocycles. The quantitative estimate of drug-likeness (QED) is 0.668. The van der Waals surface area contributed by atoms with E-state index in [4.69, 9.17) is 0 Å². The number of nitrogens with zero attached hydrogens (tertiary/aromatic N) is 2. The van der Waals surface area contributed by atoms with E-state index in [0.29, 0.717) is 18.7 Å². The van der Waals surface area contributed by atoms with Crippen molar-refractivity contribution >= 4 is 33.0 Å². The van der Waals surface area contributed by atoms with E-state index in [1.54, 1.807) is 23.5 Å². The standard InChI is InChI=1S/C12H12BrN3O2S/c1-8-15-7-11(19-8)6-14-5-9-4-10(13)2-3-12(9)16(17)18/h2-4,7,14H,5-6H2,1H3. The number of thiazole rings is 1. The summed E-state index contributed by atoms with van der Waals surface area (Å²) >= 11 is 4.95. The van der Waals surface area contributed by atoms with Gasteiger partial charge in [-0.05, 0) is 19.1 Å². The maximum Gasteiger partial charge on any atom is 0.273 e. The van der Waals surface area contributed by atoms with Crippen molar-refractivity contribution in [1.82, 2.24) is 10.3 Å². The van der Waals surface area contributed by atoms with Gasteiger partial charge in [0.2, 0.25) is 0 Å². The maximum absolute atomic E-state index is 10.9. The third-order valence-electron chi connectivity index (χ3n) is 2.52. The lowest BCUT2D eigenvalue weighted by Crippen LogP contribution is -2.13. The number of rotatable bonds is 5. The van der Waals surface area contributed by atoms with E-state index in [0.717, 1.165) is 14.4 Å². The van der Waals surface area contributed by atoms with Gasteiger partial charge in [0.25, 0.3) is 5.69 Å². The number of hydrogen-bond acceptors (Lipinski definition) is 5. The molecular weight excluding hydrogens is 330 g/mol. The highest BCUT2D eigenvalue weighted by Crippen LogP contribution is 2.23. The molecule has 5 nitrogen and oxygen atoms in total. The van der Waals surface area contributed by atoms with Crippen LogP contribution in [0.25, 0.3) is 0 Å². The van der Waals surface area contributed by atoms with Crippen molar-refractivity contribution in [3.05, 3.63) is 54.4 Å². The lowest BCUT2D eigenvalue weighted by Gasteiger charge is -2.05. The SMILES string of the molecule is Cc1ncc(CNCc2cc(Br)ccc2[N+](=O)[O-])s1. The molecule has 7 heteroatoms. The molecule has 1 heterocycles. The Balaban J connectivity index is 2.02. The normalized spacial score (nSPS) is 10.6. The van der Waals surface area contributed by atoms with E-state index in [1.165, 1.54) is 6.07 Å². The predicted molar refractivity (Wildman–Crippen MR) is 78.2 cm³/mol. The molecule has 19 heavy (non-hydrogen) atoms. The van der Waals surface area contributed by atoms with Crippen molar-refractivity contribution < 1.29 is 4.92 Å². The van der Waals surface area contributed by atoms with Crippen LogP contribution in [-0.2, 0) is 13.1 Å². The van der Waals surface area contributed by atoms with Crippen LogP contribution in [0.3, 0.4) is 0 Å². The van der Waals surface area contributed by atoms with E-state index < -0.39 is 0 Å². The first-order chi connectivity index (χ1) is 9.06. The van der Waals surface area contributed by atoms with Gasteiger partial charge < -0.3 is 5.32 Å². The summed E-state index contributed by atoms with van der Waals surface area (Å²) in [7, 11) is 0. The third-order valence-corrected chi connectivity index (χ3v) is 3.93. The minimum absolute atomic E-state index is 0.135. The molecule has 0 radical (unpaired) electrons. The van der Waals surface area contributed by atoms with Gasteiger partial charge in [0, 0.05) is 40.3 Å². The highest BCUT2D eigenvalue weighted by Gasteiger charge is 2.13. The van der Waals surface area contributed by atoms with Crippen molar-refractivity contribution in [2.75, 3.05) is 0 Å². The molecule has 0 aliphatic carbocycles. The molecule has 0 amide bonds.